The van der Waals surface area contributed by atoms with E-state index in [1.165, 1.54) is 30.7 Å². The summed E-state index contributed by atoms with van der Waals surface area (Å²) in [5.74, 6) is -4.06. The molecular weight excluding hydrogens is 490 g/mol. The first-order chi connectivity index (χ1) is 16.7. The smallest absolute Gasteiger partial charge is 0.328 e. The molecule has 2 aromatic carbocycles. The maximum atomic E-state index is 14.2. The SMILES string of the molecule is COc1cccc(F)c1Oc1ccc(F)cc1NC(=O)Nc1nc(C(=O)N[C@H](CO)C(=O)O)cs1. The molecule has 5 N–H and O–H groups in total. The van der Waals surface area contributed by atoms with Gasteiger partial charge >= 0.3 is 12.0 Å². The number of hydrogen-bond acceptors (Lipinski definition) is 8. The number of benzene rings is 2. The molecule has 3 aromatic rings. The van der Waals surface area contributed by atoms with Crippen LogP contribution in [0.25, 0.3) is 0 Å². The van der Waals surface area contributed by atoms with Gasteiger partial charge in [-0.2, -0.15) is 0 Å². The number of carboxylic acids is 1. The number of carboxylic acid groups (broad SMARTS) is 1. The highest BCUT2D eigenvalue weighted by atomic mass is 32.1. The van der Waals surface area contributed by atoms with Crippen molar-refractivity contribution >= 4 is 40.1 Å². The number of ether oxygens (including phenoxy) is 2. The van der Waals surface area contributed by atoms with Crippen molar-refractivity contribution in [3.05, 3.63) is 59.1 Å². The number of aliphatic hydroxyl groups excluding tert-OH is 1. The quantitative estimate of drug-likeness (QED) is 0.295. The zero-order valence-corrected chi connectivity index (χ0v) is 18.7. The van der Waals surface area contributed by atoms with Crippen LogP contribution in [-0.4, -0.2) is 52.9 Å². The van der Waals surface area contributed by atoms with Gasteiger partial charge in [-0.25, -0.2) is 23.4 Å². The molecule has 1 atom stereocenters. The zero-order chi connectivity index (χ0) is 25.5. The molecule has 0 fully saturated rings. The fourth-order valence-electron chi connectivity index (χ4n) is 2.65. The molecule has 0 aliphatic rings. The summed E-state index contributed by atoms with van der Waals surface area (Å²) in [4.78, 5) is 39.3. The molecule has 11 nitrogen and oxygen atoms in total. The summed E-state index contributed by atoms with van der Waals surface area (Å²) in [7, 11) is 1.31. The van der Waals surface area contributed by atoms with Crippen LogP contribution in [-0.2, 0) is 4.79 Å². The summed E-state index contributed by atoms with van der Waals surface area (Å²) in [5.41, 5.74) is -0.346. The van der Waals surface area contributed by atoms with Crippen molar-refractivity contribution in [3.63, 3.8) is 0 Å². The molecule has 0 aliphatic heterocycles. The molecular formula is C21H18F2N4O7S. The Bertz CT molecular complexity index is 1250. The summed E-state index contributed by atoms with van der Waals surface area (Å²) in [6.07, 6.45) is 0. The first-order valence-electron chi connectivity index (χ1n) is 9.69. The second-order valence-electron chi connectivity index (χ2n) is 6.68. The highest BCUT2D eigenvalue weighted by Crippen LogP contribution is 2.37. The van der Waals surface area contributed by atoms with Crippen molar-refractivity contribution in [3.8, 4) is 17.2 Å². The van der Waals surface area contributed by atoms with E-state index in [1.807, 2.05) is 0 Å². The number of aromatic nitrogens is 1. The lowest BCUT2D eigenvalue weighted by Crippen LogP contribution is -2.43. The number of urea groups is 1. The van der Waals surface area contributed by atoms with Crippen LogP contribution < -0.4 is 25.4 Å². The van der Waals surface area contributed by atoms with Crippen LogP contribution in [0, 0.1) is 11.6 Å². The van der Waals surface area contributed by atoms with Crippen LogP contribution in [0.2, 0.25) is 0 Å². The van der Waals surface area contributed by atoms with Crippen LogP contribution in [0.4, 0.5) is 24.4 Å². The number of nitrogens with one attached hydrogen (secondary N) is 3. The summed E-state index contributed by atoms with van der Waals surface area (Å²) in [5, 5.41) is 25.8. The van der Waals surface area contributed by atoms with Crippen LogP contribution in [0.1, 0.15) is 10.5 Å². The molecule has 0 aliphatic carbocycles. The van der Waals surface area contributed by atoms with Gasteiger partial charge in [-0.1, -0.05) is 6.07 Å². The van der Waals surface area contributed by atoms with Crippen molar-refractivity contribution < 1.29 is 42.9 Å². The summed E-state index contributed by atoms with van der Waals surface area (Å²) < 4.78 is 38.7. The minimum atomic E-state index is -1.52. The van der Waals surface area contributed by atoms with E-state index in [4.69, 9.17) is 19.7 Å². The number of hydrogen-bond donors (Lipinski definition) is 5. The molecule has 3 amide bonds. The van der Waals surface area contributed by atoms with Gasteiger partial charge in [0.25, 0.3) is 5.91 Å². The first kappa shape index (κ1) is 25.3. The van der Waals surface area contributed by atoms with Gasteiger partial charge in [-0.15, -0.1) is 11.3 Å². The summed E-state index contributed by atoms with van der Waals surface area (Å²) in [6.45, 7) is -0.824. The van der Waals surface area contributed by atoms with Gasteiger partial charge in [0.2, 0.25) is 5.75 Å². The Labute approximate surface area is 200 Å². The topological polar surface area (TPSA) is 159 Å². The van der Waals surface area contributed by atoms with Crippen molar-refractivity contribution in [2.75, 3.05) is 24.4 Å². The number of para-hydroxylation sites is 1. The Kier molecular flexibility index (Phi) is 8.12. The summed E-state index contributed by atoms with van der Waals surface area (Å²) >= 11 is 0.851. The lowest BCUT2D eigenvalue weighted by atomic mass is 10.2. The molecule has 0 saturated carbocycles. The molecule has 0 spiro atoms. The number of rotatable bonds is 9. The summed E-state index contributed by atoms with van der Waals surface area (Å²) in [6, 6.07) is 4.77. The third-order valence-corrected chi connectivity index (χ3v) is 5.05. The Hall–Kier alpha value is -4.30. The predicted molar refractivity (Wildman–Crippen MR) is 120 cm³/mol. The van der Waals surface area contributed by atoms with Gasteiger partial charge in [0, 0.05) is 11.4 Å². The number of anilines is 2. The third kappa shape index (κ3) is 6.39. The van der Waals surface area contributed by atoms with Crippen LogP contribution in [0.15, 0.2) is 41.8 Å². The number of aliphatic hydroxyl groups is 1. The highest BCUT2D eigenvalue weighted by molar-refractivity contribution is 7.14. The lowest BCUT2D eigenvalue weighted by molar-refractivity contribution is -0.140. The number of thiazole rings is 1. The molecule has 0 saturated heterocycles. The van der Waals surface area contributed by atoms with E-state index in [9.17, 15) is 23.2 Å². The number of carbonyl (C=O) groups excluding carboxylic acids is 2. The van der Waals surface area contributed by atoms with Crippen molar-refractivity contribution in [2.24, 2.45) is 0 Å². The highest BCUT2D eigenvalue weighted by Gasteiger charge is 2.22. The largest absolute Gasteiger partial charge is 0.493 e. The number of aliphatic carboxylic acids is 1. The van der Waals surface area contributed by atoms with Gasteiger partial charge in [-0.05, 0) is 24.3 Å². The van der Waals surface area contributed by atoms with Crippen LogP contribution in [0.3, 0.4) is 0 Å². The van der Waals surface area contributed by atoms with Gasteiger partial charge in [0.15, 0.2) is 28.5 Å². The monoisotopic (exact) mass is 508 g/mol. The van der Waals surface area contributed by atoms with Crippen molar-refractivity contribution in [2.45, 2.75) is 6.04 Å². The fraction of sp³-hybridized carbons (Fsp3) is 0.143. The maximum Gasteiger partial charge on any atom is 0.328 e. The maximum absolute atomic E-state index is 14.2. The minimum Gasteiger partial charge on any atom is -0.493 e. The molecule has 0 radical (unpaired) electrons. The predicted octanol–water partition coefficient (Wildman–Crippen LogP) is 3.04. The molecule has 3 rings (SSSR count). The van der Waals surface area contributed by atoms with Gasteiger partial charge in [0.1, 0.15) is 11.5 Å². The number of nitrogens with zero attached hydrogens (tertiary/aromatic N) is 1. The molecule has 184 valence electrons. The molecule has 1 heterocycles. The van der Waals surface area contributed by atoms with E-state index in [-0.39, 0.29) is 33.8 Å². The zero-order valence-electron chi connectivity index (χ0n) is 17.9. The normalized spacial score (nSPS) is 11.3. The van der Waals surface area contributed by atoms with Crippen LogP contribution in [0.5, 0.6) is 17.2 Å². The second kappa shape index (κ2) is 11.2. The number of carbonyl (C=O) groups is 3. The lowest BCUT2D eigenvalue weighted by Gasteiger charge is -2.15. The third-order valence-electron chi connectivity index (χ3n) is 4.30. The van der Waals surface area contributed by atoms with Crippen LogP contribution >= 0.6 is 11.3 Å². The Balaban J connectivity index is 1.72. The van der Waals surface area contributed by atoms with E-state index >= 15 is 0 Å². The molecule has 14 heteroatoms. The number of methoxy groups -OCH3 is 1. The number of halogens is 2. The Morgan fingerprint density at radius 1 is 1.14 bits per heavy atom. The number of amides is 3. The Morgan fingerprint density at radius 2 is 1.91 bits per heavy atom. The van der Waals surface area contributed by atoms with Crippen molar-refractivity contribution in [1.29, 1.82) is 0 Å². The van der Waals surface area contributed by atoms with E-state index < -0.39 is 42.2 Å². The van der Waals surface area contributed by atoms with Gasteiger partial charge < -0.3 is 30.3 Å². The molecule has 0 bridgehead atoms. The molecule has 1 aromatic heterocycles. The second-order valence-corrected chi connectivity index (χ2v) is 7.54. The molecule has 35 heavy (non-hydrogen) atoms. The average Bonchev–Trinajstić information content (AvgIpc) is 3.28. The van der Waals surface area contributed by atoms with E-state index in [2.05, 4.69) is 20.9 Å². The van der Waals surface area contributed by atoms with E-state index in [0.717, 1.165) is 29.5 Å². The van der Waals surface area contributed by atoms with E-state index in [1.54, 1.807) is 0 Å². The van der Waals surface area contributed by atoms with Crippen molar-refractivity contribution in [1.82, 2.24) is 10.3 Å². The first-order valence-corrected chi connectivity index (χ1v) is 10.6. The minimum absolute atomic E-state index is 0.0434. The van der Waals surface area contributed by atoms with Gasteiger partial charge in [-0.3, -0.25) is 10.1 Å². The Morgan fingerprint density at radius 3 is 2.60 bits per heavy atom. The van der Waals surface area contributed by atoms with Gasteiger partial charge in [0.05, 0.1) is 19.4 Å². The molecule has 0 unspecified atom stereocenters. The average molecular weight is 508 g/mol. The van der Waals surface area contributed by atoms with E-state index in [0.29, 0.717) is 0 Å². The standard InChI is InChI=1S/C21H18F2N4O7S/c1-33-16-4-2-3-11(23)17(16)34-15-6-5-10(22)7-12(15)25-20(32)27-21-26-14(9-35-21)18(29)24-13(8-28)19(30)31/h2-7,9,13,28H,8H2,1H3,(H,24,29)(H,30,31)(H2,25,26,27,32)/t13-/m1/s1. The fourth-order valence-corrected chi connectivity index (χ4v) is 3.34.